The van der Waals surface area contributed by atoms with Crippen molar-refractivity contribution in [2.24, 2.45) is 5.92 Å². The highest BCUT2D eigenvalue weighted by atomic mass is 32.1. The normalized spacial score (nSPS) is 16.9. The van der Waals surface area contributed by atoms with E-state index in [1.807, 2.05) is 6.07 Å². The van der Waals surface area contributed by atoms with Gasteiger partial charge in [0.05, 0.1) is 5.92 Å². The van der Waals surface area contributed by atoms with E-state index < -0.39 is 5.97 Å². The molecule has 1 aliphatic rings. The molecule has 0 saturated carbocycles. The summed E-state index contributed by atoms with van der Waals surface area (Å²) in [7, 11) is 0. The Hall–Kier alpha value is -1.000. The maximum Gasteiger partial charge on any atom is 0.309 e. The molecule has 0 unspecified atom stereocenters. The number of nitrogens with zero attached hydrogens (tertiary/aromatic N) is 1. The van der Waals surface area contributed by atoms with Gasteiger partial charge in [0.1, 0.15) is 0 Å². The second kappa shape index (κ2) is 5.33. The fourth-order valence-corrected chi connectivity index (χ4v) is 2.68. The van der Waals surface area contributed by atoms with Crippen LogP contribution in [-0.2, 0) is 11.3 Å². The molecular formula is C14H19NO2S. The Labute approximate surface area is 113 Å². The number of hydrogen-bond donors (Lipinski definition) is 2. The zero-order valence-corrected chi connectivity index (χ0v) is 11.7. The highest BCUT2D eigenvalue weighted by Gasteiger charge is 2.32. The van der Waals surface area contributed by atoms with Gasteiger partial charge in [0.2, 0.25) is 0 Å². The van der Waals surface area contributed by atoms with Crippen molar-refractivity contribution in [2.75, 3.05) is 13.1 Å². The molecule has 0 bridgehead atoms. The fourth-order valence-electron chi connectivity index (χ4n) is 2.28. The van der Waals surface area contributed by atoms with Gasteiger partial charge in [-0.25, -0.2) is 0 Å². The predicted octanol–water partition coefficient (Wildman–Crippen LogP) is 2.62. The molecular weight excluding hydrogens is 246 g/mol. The average Bonchev–Trinajstić information content (AvgIpc) is 2.23. The van der Waals surface area contributed by atoms with Gasteiger partial charge in [-0.2, -0.15) is 0 Å². The molecule has 0 radical (unpaired) electrons. The lowest BCUT2D eigenvalue weighted by atomic mass is 9.97. The lowest BCUT2D eigenvalue weighted by Gasteiger charge is -2.36. The maximum atomic E-state index is 10.7. The minimum atomic E-state index is -0.681. The molecule has 2 rings (SSSR count). The van der Waals surface area contributed by atoms with Crippen LogP contribution in [-0.4, -0.2) is 29.1 Å². The summed E-state index contributed by atoms with van der Waals surface area (Å²) in [4.78, 5) is 13.9. The number of carboxylic acids is 1. The van der Waals surface area contributed by atoms with E-state index >= 15 is 0 Å². The number of likely N-dealkylation sites (tertiary alicyclic amines) is 1. The molecule has 3 nitrogen and oxygen atoms in total. The number of rotatable bonds is 4. The highest BCUT2D eigenvalue weighted by molar-refractivity contribution is 7.80. The first-order valence-corrected chi connectivity index (χ1v) is 6.69. The molecule has 0 amide bonds. The third-order valence-corrected chi connectivity index (χ3v) is 3.83. The number of thiol groups is 1. The molecule has 1 aromatic carbocycles. The Kier molecular flexibility index (Phi) is 3.97. The first-order valence-electron chi connectivity index (χ1n) is 6.24. The Bertz CT molecular complexity index is 453. The van der Waals surface area contributed by atoms with E-state index in [0.717, 1.165) is 11.4 Å². The first-order chi connectivity index (χ1) is 8.47. The second-order valence-electron chi connectivity index (χ2n) is 5.28. The summed E-state index contributed by atoms with van der Waals surface area (Å²) < 4.78 is 0. The Morgan fingerprint density at radius 3 is 2.72 bits per heavy atom. The van der Waals surface area contributed by atoms with Crippen LogP contribution in [0.3, 0.4) is 0 Å². The number of carbonyl (C=O) groups is 1. The van der Waals surface area contributed by atoms with Crippen molar-refractivity contribution >= 4 is 18.6 Å². The van der Waals surface area contributed by atoms with E-state index in [2.05, 4.69) is 43.5 Å². The monoisotopic (exact) mass is 265 g/mol. The van der Waals surface area contributed by atoms with Crippen LogP contribution >= 0.6 is 12.6 Å². The van der Waals surface area contributed by atoms with Gasteiger partial charge in [-0.05, 0) is 23.1 Å². The first kappa shape index (κ1) is 13.4. The standard InChI is InChI=1S/C14H19NO2S/c1-9(2)12-5-10(3-4-13(12)18)6-15-7-11(8-15)14(16)17/h3-5,9,11,18H,6-8H2,1-2H3,(H,16,17). The summed E-state index contributed by atoms with van der Waals surface area (Å²) in [5.74, 6) is -0.404. The smallest absolute Gasteiger partial charge is 0.309 e. The predicted molar refractivity (Wildman–Crippen MR) is 74.2 cm³/mol. The number of carboxylic acid groups (broad SMARTS) is 1. The molecule has 1 aromatic rings. The average molecular weight is 265 g/mol. The quantitative estimate of drug-likeness (QED) is 0.822. The molecule has 18 heavy (non-hydrogen) atoms. The zero-order valence-electron chi connectivity index (χ0n) is 10.8. The maximum absolute atomic E-state index is 10.7. The molecule has 1 N–H and O–H groups in total. The van der Waals surface area contributed by atoms with Gasteiger partial charge in [0, 0.05) is 24.5 Å². The van der Waals surface area contributed by atoms with Crippen LogP contribution in [0.4, 0.5) is 0 Å². The zero-order chi connectivity index (χ0) is 13.3. The summed E-state index contributed by atoms with van der Waals surface area (Å²) in [6.45, 7) is 6.47. The molecule has 0 spiro atoms. The molecule has 1 saturated heterocycles. The molecule has 0 aromatic heterocycles. The fraction of sp³-hybridized carbons (Fsp3) is 0.500. The third kappa shape index (κ3) is 2.87. The lowest BCUT2D eigenvalue weighted by Crippen LogP contribution is -2.49. The van der Waals surface area contributed by atoms with E-state index in [4.69, 9.17) is 5.11 Å². The van der Waals surface area contributed by atoms with Crippen molar-refractivity contribution in [3.05, 3.63) is 29.3 Å². The molecule has 4 heteroatoms. The molecule has 98 valence electrons. The summed E-state index contributed by atoms with van der Waals surface area (Å²) in [6, 6.07) is 6.28. The van der Waals surface area contributed by atoms with Crippen LogP contribution in [0.5, 0.6) is 0 Å². The van der Waals surface area contributed by atoms with Gasteiger partial charge in [0.15, 0.2) is 0 Å². The summed E-state index contributed by atoms with van der Waals surface area (Å²) in [5.41, 5.74) is 2.49. The Morgan fingerprint density at radius 2 is 2.17 bits per heavy atom. The van der Waals surface area contributed by atoms with Crippen LogP contribution in [0.1, 0.15) is 30.9 Å². The van der Waals surface area contributed by atoms with Crippen LogP contribution in [0, 0.1) is 5.92 Å². The van der Waals surface area contributed by atoms with E-state index in [1.54, 1.807) is 0 Å². The Morgan fingerprint density at radius 1 is 1.50 bits per heavy atom. The van der Waals surface area contributed by atoms with Gasteiger partial charge >= 0.3 is 5.97 Å². The van der Waals surface area contributed by atoms with Crippen molar-refractivity contribution in [1.82, 2.24) is 4.90 Å². The van der Waals surface area contributed by atoms with Crippen LogP contribution < -0.4 is 0 Å². The highest BCUT2D eigenvalue weighted by Crippen LogP contribution is 2.26. The van der Waals surface area contributed by atoms with Crippen molar-refractivity contribution in [2.45, 2.75) is 31.2 Å². The van der Waals surface area contributed by atoms with E-state index in [1.165, 1.54) is 11.1 Å². The van der Waals surface area contributed by atoms with Crippen LogP contribution in [0.25, 0.3) is 0 Å². The van der Waals surface area contributed by atoms with Crippen molar-refractivity contribution < 1.29 is 9.90 Å². The van der Waals surface area contributed by atoms with Crippen molar-refractivity contribution in [3.63, 3.8) is 0 Å². The minimum Gasteiger partial charge on any atom is -0.481 e. The van der Waals surface area contributed by atoms with Gasteiger partial charge in [-0.3, -0.25) is 9.69 Å². The summed E-state index contributed by atoms with van der Waals surface area (Å²) in [5, 5.41) is 8.83. The third-order valence-electron chi connectivity index (χ3n) is 3.43. The van der Waals surface area contributed by atoms with Crippen molar-refractivity contribution in [1.29, 1.82) is 0 Å². The number of aliphatic carboxylic acids is 1. The molecule has 0 atom stereocenters. The second-order valence-corrected chi connectivity index (χ2v) is 5.76. The Balaban J connectivity index is 1.99. The van der Waals surface area contributed by atoms with Gasteiger partial charge in [0.25, 0.3) is 0 Å². The summed E-state index contributed by atoms with van der Waals surface area (Å²) in [6.07, 6.45) is 0. The van der Waals surface area contributed by atoms with E-state index in [9.17, 15) is 4.79 Å². The molecule has 1 fully saturated rings. The SMILES string of the molecule is CC(C)c1cc(CN2CC(C(=O)O)C2)ccc1S. The topological polar surface area (TPSA) is 40.5 Å². The minimum absolute atomic E-state index is 0.182. The van der Waals surface area contributed by atoms with Crippen LogP contribution in [0.15, 0.2) is 23.1 Å². The number of hydrogen-bond acceptors (Lipinski definition) is 3. The largest absolute Gasteiger partial charge is 0.481 e. The van der Waals surface area contributed by atoms with Crippen LogP contribution in [0.2, 0.25) is 0 Å². The molecule has 1 aliphatic heterocycles. The van der Waals surface area contributed by atoms with Gasteiger partial charge in [-0.15, -0.1) is 12.6 Å². The lowest BCUT2D eigenvalue weighted by molar-refractivity contribution is -0.147. The van der Waals surface area contributed by atoms with Gasteiger partial charge < -0.3 is 5.11 Å². The van der Waals surface area contributed by atoms with E-state index in [0.29, 0.717) is 19.0 Å². The molecule has 1 heterocycles. The number of benzene rings is 1. The van der Waals surface area contributed by atoms with Gasteiger partial charge in [-0.1, -0.05) is 26.0 Å². The molecule has 0 aliphatic carbocycles. The van der Waals surface area contributed by atoms with E-state index in [-0.39, 0.29) is 5.92 Å². The summed E-state index contributed by atoms with van der Waals surface area (Å²) >= 11 is 4.46. The van der Waals surface area contributed by atoms with Crippen molar-refractivity contribution in [3.8, 4) is 0 Å².